The summed E-state index contributed by atoms with van der Waals surface area (Å²) >= 11 is 0. The Morgan fingerprint density at radius 2 is 2.08 bits per heavy atom. The fourth-order valence-electron chi connectivity index (χ4n) is 3.55. The molecule has 6 heteroatoms. The number of benzene rings is 1. The predicted octanol–water partition coefficient (Wildman–Crippen LogP) is 2.61. The zero-order valence-corrected chi connectivity index (χ0v) is 14.8. The number of nitrogens with zero attached hydrogens (tertiary/aromatic N) is 4. The van der Waals surface area contributed by atoms with Crippen LogP contribution in [0, 0.1) is 0 Å². The molecule has 0 saturated carbocycles. The molecule has 0 saturated heterocycles. The highest BCUT2D eigenvalue weighted by Crippen LogP contribution is 2.34. The monoisotopic (exact) mass is 348 g/mol. The molecule has 1 amide bonds. The zero-order chi connectivity index (χ0) is 18.1. The fraction of sp³-hybridized carbons (Fsp3) is 0.250. The maximum atomic E-state index is 13.2. The maximum absolute atomic E-state index is 13.2. The van der Waals surface area contributed by atoms with Gasteiger partial charge in [0.05, 0.1) is 13.3 Å². The van der Waals surface area contributed by atoms with Crippen LogP contribution in [0.25, 0.3) is 0 Å². The van der Waals surface area contributed by atoms with Crippen LogP contribution in [-0.4, -0.2) is 39.2 Å². The summed E-state index contributed by atoms with van der Waals surface area (Å²) in [6.45, 7) is 1.17. The van der Waals surface area contributed by atoms with Crippen molar-refractivity contribution < 1.29 is 9.53 Å². The Bertz CT molecular complexity index is 950. The van der Waals surface area contributed by atoms with E-state index in [4.69, 9.17) is 4.74 Å². The summed E-state index contributed by atoms with van der Waals surface area (Å²) in [6.07, 6.45) is 5.51. The first-order chi connectivity index (χ1) is 12.7. The number of pyridine rings is 1. The van der Waals surface area contributed by atoms with Crippen molar-refractivity contribution in [2.45, 2.75) is 12.5 Å². The van der Waals surface area contributed by atoms with Gasteiger partial charge in [0.1, 0.15) is 5.56 Å². The second kappa shape index (κ2) is 6.63. The number of carbonyl (C=O) groups excluding carboxylic acids is 1. The first-order valence-corrected chi connectivity index (χ1v) is 8.52. The summed E-state index contributed by atoms with van der Waals surface area (Å²) in [4.78, 5) is 19.2. The van der Waals surface area contributed by atoms with Gasteiger partial charge in [0.2, 0.25) is 5.88 Å². The molecule has 3 heterocycles. The number of hydrogen-bond donors (Lipinski definition) is 0. The smallest absolute Gasteiger partial charge is 0.259 e. The van der Waals surface area contributed by atoms with E-state index < -0.39 is 0 Å². The standard InChI is InChI=1S/C20H20N4O2/c1-23-11-15(10-22-23)18-13-24(12-14-6-3-4-7-16(14)18)20(25)17-8-5-9-21-19(17)26-2/h3-11,18H,12-13H2,1-2H3. The number of hydrogen-bond acceptors (Lipinski definition) is 4. The van der Waals surface area contributed by atoms with E-state index in [2.05, 4.69) is 22.2 Å². The molecule has 3 aromatic rings. The second-order valence-electron chi connectivity index (χ2n) is 6.44. The fourth-order valence-corrected chi connectivity index (χ4v) is 3.55. The van der Waals surface area contributed by atoms with Crippen molar-refractivity contribution in [1.29, 1.82) is 0 Å². The molecule has 0 fully saturated rings. The van der Waals surface area contributed by atoms with Gasteiger partial charge in [0.25, 0.3) is 5.91 Å². The molecule has 0 spiro atoms. The minimum absolute atomic E-state index is 0.0710. The molecular weight excluding hydrogens is 328 g/mol. The molecule has 4 rings (SSSR count). The molecule has 1 atom stereocenters. The van der Waals surface area contributed by atoms with Crippen LogP contribution in [0.3, 0.4) is 0 Å². The third kappa shape index (κ3) is 2.83. The lowest BCUT2D eigenvalue weighted by Crippen LogP contribution is -2.38. The minimum Gasteiger partial charge on any atom is -0.480 e. The summed E-state index contributed by atoms with van der Waals surface area (Å²) in [5.41, 5.74) is 4.00. The Morgan fingerprint density at radius 1 is 1.23 bits per heavy atom. The van der Waals surface area contributed by atoms with Gasteiger partial charge in [-0.3, -0.25) is 9.48 Å². The average Bonchev–Trinajstić information content (AvgIpc) is 3.12. The van der Waals surface area contributed by atoms with Gasteiger partial charge in [-0.05, 0) is 28.8 Å². The molecule has 1 aliphatic rings. The Hall–Kier alpha value is -3.15. The van der Waals surface area contributed by atoms with E-state index in [0.717, 1.165) is 11.1 Å². The Balaban J connectivity index is 1.72. The van der Waals surface area contributed by atoms with Crippen molar-refractivity contribution in [1.82, 2.24) is 19.7 Å². The molecule has 2 aromatic heterocycles. The van der Waals surface area contributed by atoms with Crippen molar-refractivity contribution in [3.63, 3.8) is 0 Å². The second-order valence-corrected chi connectivity index (χ2v) is 6.44. The van der Waals surface area contributed by atoms with Crippen molar-refractivity contribution in [3.8, 4) is 5.88 Å². The van der Waals surface area contributed by atoms with Crippen molar-refractivity contribution >= 4 is 5.91 Å². The van der Waals surface area contributed by atoms with E-state index in [-0.39, 0.29) is 11.8 Å². The number of methoxy groups -OCH3 is 1. The topological polar surface area (TPSA) is 60.2 Å². The summed E-state index contributed by atoms with van der Waals surface area (Å²) in [6, 6.07) is 11.8. The predicted molar refractivity (Wildman–Crippen MR) is 97.0 cm³/mol. The van der Waals surface area contributed by atoms with Gasteiger partial charge in [-0.15, -0.1) is 0 Å². The molecule has 1 aromatic carbocycles. The summed E-state index contributed by atoms with van der Waals surface area (Å²) in [5, 5.41) is 4.30. The van der Waals surface area contributed by atoms with Gasteiger partial charge in [0, 0.05) is 38.4 Å². The lowest BCUT2D eigenvalue weighted by molar-refractivity contribution is 0.0720. The third-order valence-corrected chi connectivity index (χ3v) is 4.80. The Labute approximate surface area is 152 Å². The molecule has 132 valence electrons. The number of aryl methyl sites for hydroxylation is 1. The highest BCUT2D eigenvalue weighted by Gasteiger charge is 2.31. The molecule has 0 N–H and O–H groups in total. The summed E-state index contributed by atoms with van der Waals surface area (Å²) in [5.74, 6) is 0.382. The maximum Gasteiger partial charge on any atom is 0.259 e. The van der Waals surface area contributed by atoms with Crippen molar-refractivity contribution in [2.24, 2.45) is 7.05 Å². The first kappa shape index (κ1) is 16.3. The molecule has 26 heavy (non-hydrogen) atoms. The normalized spacial score (nSPS) is 16.2. The van der Waals surface area contributed by atoms with E-state index in [1.807, 2.05) is 36.5 Å². The Morgan fingerprint density at radius 3 is 2.85 bits per heavy atom. The number of amides is 1. The third-order valence-electron chi connectivity index (χ3n) is 4.80. The van der Waals surface area contributed by atoms with Crippen LogP contribution in [0.2, 0.25) is 0 Å². The van der Waals surface area contributed by atoms with Gasteiger partial charge < -0.3 is 9.64 Å². The van der Waals surface area contributed by atoms with Crippen LogP contribution < -0.4 is 4.74 Å². The molecule has 6 nitrogen and oxygen atoms in total. The van der Waals surface area contributed by atoms with E-state index in [1.165, 1.54) is 12.7 Å². The molecule has 1 unspecified atom stereocenters. The van der Waals surface area contributed by atoms with Gasteiger partial charge in [0.15, 0.2) is 0 Å². The largest absolute Gasteiger partial charge is 0.480 e. The summed E-state index contributed by atoms with van der Waals surface area (Å²) < 4.78 is 7.06. The van der Waals surface area contributed by atoms with Crippen LogP contribution in [0.4, 0.5) is 0 Å². The lowest BCUT2D eigenvalue weighted by Gasteiger charge is -2.34. The van der Waals surface area contributed by atoms with E-state index in [0.29, 0.717) is 24.5 Å². The van der Waals surface area contributed by atoms with Crippen LogP contribution in [0.5, 0.6) is 5.88 Å². The van der Waals surface area contributed by atoms with E-state index in [9.17, 15) is 4.79 Å². The number of aromatic nitrogens is 3. The highest BCUT2D eigenvalue weighted by atomic mass is 16.5. The van der Waals surface area contributed by atoms with Gasteiger partial charge in [-0.25, -0.2) is 4.98 Å². The zero-order valence-electron chi connectivity index (χ0n) is 14.8. The highest BCUT2D eigenvalue weighted by molar-refractivity contribution is 5.96. The van der Waals surface area contributed by atoms with Crippen molar-refractivity contribution in [2.75, 3.05) is 13.7 Å². The van der Waals surface area contributed by atoms with Crippen molar-refractivity contribution in [3.05, 3.63) is 77.2 Å². The average molecular weight is 348 g/mol. The molecule has 1 aliphatic heterocycles. The summed E-state index contributed by atoms with van der Waals surface area (Å²) in [7, 11) is 3.44. The molecular formula is C20H20N4O2. The van der Waals surface area contributed by atoms with Crippen LogP contribution in [0.1, 0.15) is 33.0 Å². The SMILES string of the molecule is COc1ncccc1C(=O)N1Cc2ccccc2C(c2cnn(C)c2)C1. The molecule has 0 aliphatic carbocycles. The first-order valence-electron chi connectivity index (χ1n) is 8.52. The number of rotatable bonds is 3. The number of fused-ring (bicyclic) bond motifs is 1. The lowest BCUT2D eigenvalue weighted by atomic mass is 9.86. The number of carbonyl (C=O) groups is 1. The van der Waals surface area contributed by atoms with Crippen LogP contribution >= 0.6 is 0 Å². The quantitative estimate of drug-likeness (QED) is 0.730. The molecule has 0 radical (unpaired) electrons. The van der Waals surface area contributed by atoms with E-state index >= 15 is 0 Å². The van der Waals surface area contributed by atoms with Gasteiger partial charge in [-0.2, -0.15) is 5.10 Å². The number of ether oxygens (including phenoxy) is 1. The Kier molecular flexibility index (Phi) is 4.16. The minimum atomic E-state index is -0.0710. The van der Waals surface area contributed by atoms with Crippen LogP contribution in [0.15, 0.2) is 55.0 Å². The van der Waals surface area contributed by atoms with Gasteiger partial charge in [-0.1, -0.05) is 24.3 Å². The molecule has 0 bridgehead atoms. The van der Waals surface area contributed by atoms with E-state index in [1.54, 1.807) is 23.0 Å². The van der Waals surface area contributed by atoms with Gasteiger partial charge >= 0.3 is 0 Å². The van der Waals surface area contributed by atoms with Crippen LogP contribution in [-0.2, 0) is 13.6 Å².